The number of hydrogen-bond donors (Lipinski definition) is 0. The van der Waals surface area contributed by atoms with E-state index in [4.69, 9.17) is 9.47 Å². The number of carbonyl (C=O) groups excluding carboxylic acids is 1. The highest BCUT2D eigenvalue weighted by Gasteiger charge is 2.35. The quantitative estimate of drug-likeness (QED) is 0.666. The molecule has 0 aromatic heterocycles. The molecule has 0 radical (unpaired) electrons. The Morgan fingerprint density at radius 1 is 1.21 bits per heavy atom. The number of nitrogens with zero attached hydrogens (tertiary/aromatic N) is 3. The van der Waals surface area contributed by atoms with Crippen LogP contribution in [0, 0.1) is 5.92 Å². The predicted molar refractivity (Wildman–Crippen MR) is 93.0 cm³/mol. The third-order valence-corrected chi connectivity index (χ3v) is 5.76. The third-order valence-electron chi connectivity index (χ3n) is 5.76. The fraction of sp³-hybridized carbons (Fsp3) is 0.944. The van der Waals surface area contributed by atoms with Gasteiger partial charge in [0.1, 0.15) is 0 Å². The molecule has 0 aliphatic carbocycles. The Kier molecular flexibility index (Phi) is 6.49. The van der Waals surface area contributed by atoms with Gasteiger partial charge >= 0.3 is 0 Å². The summed E-state index contributed by atoms with van der Waals surface area (Å²) in [5, 5.41) is 0. The summed E-state index contributed by atoms with van der Waals surface area (Å²) in [5.74, 6) is 0.895. The highest BCUT2D eigenvalue weighted by molar-refractivity contribution is 5.73. The number of rotatable bonds is 6. The van der Waals surface area contributed by atoms with Gasteiger partial charge in [0.25, 0.3) is 0 Å². The number of hydrogen-bond acceptors (Lipinski definition) is 5. The topological polar surface area (TPSA) is 45.3 Å². The van der Waals surface area contributed by atoms with Crippen molar-refractivity contribution in [1.29, 1.82) is 0 Å². The zero-order valence-corrected chi connectivity index (χ0v) is 15.3. The molecule has 0 aromatic rings. The Morgan fingerprint density at radius 3 is 2.67 bits per heavy atom. The lowest BCUT2D eigenvalue weighted by Crippen LogP contribution is -2.53. The van der Waals surface area contributed by atoms with Gasteiger partial charge in [-0.2, -0.15) is 0 Å². The SMILES string of the molecule is CC(=O)N1CCN(C2CN(CCOCC3CCCO3)CC2C)CC1. The second kappa shape index (κ2) is 8.61. The van der Waals surface area contributed by atoms with Gasteiger partial charge in [-0.25, -0.2) is 0 Å². The van der Waals surface area contributed by atoms with Gasteiger partial charge in [-0.1, -0.05) is 6.92 Å². The molecule has 6 nitrogen and oxygen atoms in total. The molecule has 3 saturated heterocycles. The van der Waals surface area contributed by atoms with E-state index < -0.39 is 0 Å². The van der Waals surface area contributed by atoms with E-state index in [-0.39, 0.29) is 5.91 Å². The zero-order valence-electron chi connectivity index (χ0n) is 15.3. The first kappa shape index (κ1) is 18.1. The fourth-order valence-electron chi connectivity index (χ4n) is 4.26. The summed E-state index contributed by atoms with van der Waals surface area (Å²) in [7, 11) is 0. The first-order chi connectivity index (χ1) is 11.6. The highest BCUT2D eigenvalue weighted by atomic mass is 16.5. The minimum Gasteiger partial charge on any atom is -0.377 e. The number of ether oxygens (including phenoxy) is 2. The van der Waals surface area contributed by atoms with E-state index in [0.29, 0.717) is 18.1 Å². The van der Waals surface area contributed by atoms with E-state index in [1.807, 2.05) is 4.90 Å². The third kappa shape index (κ3) is 4.69. The Balaban J connectivity index is 1.34. The normalized spacial score (nSPS) is 32.6. The van der Waals surface area contributed by atoms with Crippen molar-refractivity contribution in [3.63, 3.8) is 0 Å². The van der Waals surface area contributed by atoms with Crippen molar-refractivity contribution in [3.8, 4) is 0 Å². The molecule has 0 spiro atoms. The van der Waals surface area contributed by atoms with E-state index in [9.17, 15) is 4.79 Å². The predicted octanol–water partition coefficient (Wildman–Crippen LogP) is 0.666. The van der Waals surface area contributed by atoms with E-state index in [1.165, 1.54) is 6.42 Å². The standard InChI is InChI=1S/C18H33N3O3/c1-15-12-19(9-11-23-14-17-4-3-10-24-17)13-18(15)21-7-5-20(6-8-21)16(2)22/h15,17-18H,3-14H2,1-2H3. The summed E-state index contributed by atoms with van der Waals surface area (Å²) in [5.41, 5.74) is 0. The van der Waals surface area contributed by atoms with Gasteiger partial charge in [0, 0.05) is 65.4 Å². The second-order valence-electron chi connectivity index (χ2n) is 7.56. The molecule has 24 heavy (non-hydrogen) atoms. The average Bonchev–Trinajstić information content (AvgIpc) is 3.21. The molecule has 3 atom stereocenters. The van der Waals surface area contributed by atoms with Crippen LogP contribution >= 0.6 is 0 Å². The summed E-state index contributed by atoms with van der Waals surface area (Å²) in [6, 6.07) is 0.622. The summed E-state index contributed by atoms with van der Waals surface area (Å²) >= 11 is 0. The minimum absolute atomic E-state index is 0.208. The molecule has 138 valence electrons. The van der Waals surface area contributed by atoms with Gasteiger partial charge in [-0.15, -0.1) is 0 Å². The van der Waals surface area contributed by atoms with Crippen molar-refractivity contribution in [2.24, 2.45) is 5.92 Å². The van der Waals surface area contributed by atoms with Gasteiger partial charge < -0.3 is 14.4 Å². The number of carbonyl (C=O) groups is 1. The van der Waals surface area contributed by atoms with Crippen LogP contribution in [0.25, 0.3) is 0 Å². The van der Waals surface area contributed by atoms with Crippen LogP contribution < -0.4 is 0 Å². The van der Waals surface area contributed by atoms with Crippen LogP contribution in [0.2, 0.25) is 0 Å². The van der Waals surface area contributed by atoms with E-state index in [2.05, 4.69) is 16.7 Å². The van der Waals surface area contributed by atoms with Gasteiger partial charge in [-0.05, 0) is 18.8 Å². The van der Waals surface area contributed by atoms with Crippen molar-refractivity contribution in [2.75, 3.05) is 65.6 Å². The minimum atomic E-state index is 0.208. The molecular weight excluding hydrogens is 306 g/mol. The molecule has 0 aromatic carbocycles. The van der Waals surface area contributed by atoms with E-state index in [1.54, 1.807) is 6.92 Å². The number of piperazine rings is 1. The summed E-state index contributed by atoms with van der Waals surface area (Å²) in [4.78, 5) is 18.5. The maximum Gasteiger partial charge on any atom is 0.219 e. The second-order valence-corrected chi connectivity index (χ2v) is 7.56. The molecule has 3 unspecified atom stereocenters. The molecular formula is C18H33N3O3. The molecule has 3 aliphatic rings. The van der Waals surface area contributed by atoms with Crippen molar-refractivity contribution < 1.29 is 14.3 Å². The summed E-state index contributed by atoms with van der Waals surface area (Å²) < 4.78 is 11.4. The number of likely N-dealkylation sites (tertiary alicyclic amines) is 1. The maximum atomic E-state index is 11.5. The van der Waals surface area contributed by atoms with Crippen LogP contribution in [-0.4, -0.2) is 98.4 Å². The monoisotopic (exact) mass is 339 g/mol. The fourth-order valence-corrected chi connectivity index (χ4v) is 4.26. The van der Waals surface area contributed by atoms with Gasteiger partial charge in [0.05, 0.1) is 19.3 Å². The van der Waals surface area contributed by atoms with Gasteiger partial charge in [-0.3, -0.25) is 14.6 Å². The van der Waals surface area contributed by atoms with Crippen molar-refractivity contribution in [2.45, 2.75) is 38.8 Å². The van der Waals surface area contributed by atoms with E-state index in [0.717, 1.165) is 72.1 Å². The molecule has 3 heterocycles. The molecule has 0 N–H and O–H groups in total. The largest absolute Gasteiger partial charge is 0.377 e. The lowest BCUT2D eigenvalue weighted by atomic mass is 10.0. The van der Waals surface area contributed by atoms with Crippen LogP contribution in [-0.2, 0) is 14.3 Å². The van der Waals surface area contributed by atoms with Crippen LogP contribution in [0.5, 0.6) is 0 Å². The molecule has 1 amide bonds. The molecule has 3 rings (SSSR count). The van der Waals surface area contributed by atoms with Crippen LogP contribution in [0.1, 0.15) is 26.7 Å². The maximum absolute atomic E-state index is 11.5. The zero-order chi connectivity index (χ0) is 16.9. The van der Waals surface area contributed by atoms with E-state index >= 15 is 0 Å². The Hall–Kier alpha value is -0.690. The highest BCUT2D eigenvalue weighted by Crippen LogP contribution is 2.23. The Labute approximate surface area is 146 Å². The molecule has 3 fully saturated rings. The van der Waals surface area contributed by atoms with Gasteiger partial charge in [0.15, 0.2) is 0 Å². The molecule has 6 heteroatoms. The smallest absolute Gasteiger partial charge is 0.219 e. The van der Waals surface area contributed by atoms with Crippen molar-refractivity contribution >= 4 is 5.91 Å². The van der Waals surface area contributed by atoms with Gasteiger partial charge in [0.2, 0.25) is 5.91 Å². The van der Waals surface area contributed by atoms with Crippen LogP contribution in [0.15, 0.2) is 0 Å². The van der Waals surface area contributed by atoms with Crippen LogP contribution in [0.3, 0.4) is 0 Å². The Bertz CT molecular complexity index is 406. The molecule has 3 aliphatic heterocycles. The first-order valence-electron chi connectivity index (χ1n) is 9.54. The van der Waals surface area contributed by atoms with Crippen molar-refractivity contribution in [3.05, 3.63) is 0 Å². The Morgan fingerprint density at radius 2 is 2.00 bits per heavy atom. The summed E-state index contributed by atoms with van der Waals surface area (Å²) in [6.07, 6.45) is 2.65. The molecule has 0 saturated carbocycles. The number of amides is 1. The van der Waals surface area contributed by atoms with Crippen molar-refractivity contribution in [1.82, 2.24) is 14.7 Å². The lowest BCUT2D eigenvalue weighted by molar-refractivity contribution is -0.130. The average molecular weight is 339 g/mol. The lowest BCUT2D eigenvalue weighted by Gasteiger charge is -2.39. The first-order valence-corrected chi connectivity index (χ1v) is 9.54. The molecule has 0 bridgehead atoms. The van der Waals surface area contributed by atoms with Crippen LogP contribution in [0.4, 0.5) is 0 Å². The summed E-state index contributed by atoms with van der Waals surface area (Å²) in [6.45, 7) is 13.6.